The van der Waals surface area contributed by atoms with Gasteiger partial charge in [0.15, 0.2) is 0 Å². The lowest BCUT2D eigenvalue weighted by Crippen LogP contribution is -1.77. The minimum absolute atomic E-state index is 0.731. The number of hydrogen-bond donors (Lipinski definition) is 0. The van der Waals surface area contributed by atoms with Crippen molar-refractivity contribution in [3.05, 3.63) is 35.4 Å². The monoisotopic (exact) mass is 119 g/mol. The van der Waals surface area contributed by atoms with Gasteiger partial charge in [0.05, 0.1) is 1.37 Å². The first-order valence-electron chi connectivity index (χ1n) is 3.95. The minimum atomic E-state index is 0.731. The number of aryl methyl sites for hydroxylation is 1. The lowest BCUT2D eigenvalue weighted by Gasteiger charge is -1.93. The van der Waals surface area contributed by atoms with E-state index in [1.165, 1.54) is 24.0 Å². The second kappa shape index (κ2) is 1.87. The maximum absolute atomic E-state index is 7.55. The molecule has 1 aromatic carbocycles. The number of fused-ring (bicyclic) bond motifs is 1. The molecule has 1 aromatic rings. The predicted molar refractivity (Wildman–Crippen MR) is 38.5 cm³/mol. The molecule has 0 amide bonds. The van der Waals surface area contributed by atoms with Crippen LogP contribution < -0.4 is 0 Å². The highest BCUT2D eigenvalue weighted by Crippen LogP contribution is 2.20. The van der Waals surface area contributed by atoms with Gasteiger partial charge in [-0.25, -0.2) is 0 Å². The van der Waals surface area contributed by atoms with E-state index in [2.05, 4.69) is 6.07 Å². The van der Waals surface area contributed by atoms with Crippen LogP contribution in [0.5, 0.6) is 0 Å². The van der Waals surface area contributed by atoms with Crippen LogP contribution in [0.2, 0.25) is 0 Å². The van der Waals surface area contributed by atoms with Crippen molar-refractivity contribution in [2.24, 2.45) is 0 Å². The summed E-state index contributed by atoms with van der Waals surface area (Å²) in [5, 5.41) is 0. The van der Waals surface area contributed by atoms with Crippen molar-refractivity contribution in [2.45, 2.75) is 19.3 Å². The fourth-order valence-corrected chi connectivity index (χ4v) is 1.43. The summed E-state index contributed by atoms with van der Waals surface area (Å²) in [4.78, 5) is 0. The van der Waals surface area contributed by atoms with Crippen molar-refractivity contribution in [1.82, 2.24) is 0 Å². The Morgan fingerprint density at radius 3 is 3.00 bits per heavy atom. The van der Waals surface area contributed by atoms with Crippen LogP contribution in [-0.4, -0.2) is 0 Å². The van der Waals surface area contributed by atoms with Gasteiger partial charge in [-0.1, -0.05) is 24.2 Å². The minimum Gasteiger partial charge on any atom is -0.0620 e. The topological polar surface area (TPSA) is 0 Å². The standard InChI is InChI=1S/C9H10/c1-2-5-9-7-3-6-8(9)4-1/h1-2,4-5H,3,6-7H2/i4D. The molecule has 0 fully saturated rings. The predicted octanol–water partition coefficient (Wildman–Crippen LogP) is 2.18. The highest BCUT2D eigenvalue weighted by molar-refractivity contribution is 5.30. The van der Waals surface area contributed by atoms with Crippen LogP contribution in [0.1, 0.15) is 18.9 Å². The molecule has 0 bridgehead atoms. The van der Waals surface area contributed by atoms with Gasteiger partial charge < -0.3 is 0 Å². The summed E-state index contributed by atoms with van der Waals surface area (Å²) >= 11 is 0. The summed E-state index contributed by atoms with van der Waals surface area (Å²) in [5.41, 5.74) is 2.68. The summed E-state index contributed by atoms with van der Waals surface area (Å²) < 4.78 is 7.55. The highest BCUT2D eigenvalue weighted by atomic mass is 14.1. The van der Waals surface area contributed by atoms with Crippen molar-refractivity contribution in [3.63, 3.8) is 0 Å². The average Bonchev–Trinajstić information content (AvgIpc) is 2.36. The quantitative estimate of drug-likeness (QED) is 0.491. The Kier molecular flexibility index (Phi) is 0.853. The largest absolute Gasteiger partial charge is 0.0626 e. The molecule has 0 radical (unpaired) electrons. The zero-order valence-corrected chi connectivity index (χ0v) is 5.35. The molecular formula is C9H10. The maximum atomic E-state index is 7.55. The van der Waals surface area contributed by atoms with Gasteiger partial charge in [0.25, 0.3) is 0 Å². The van der Waals surface area contributed by atoms with Crippen LogP contribution in [0.4, 0.5) is 0 Å². The van der Waals surface area contributed by atoms with E-state index in [9.17, 15) is 0 Å². The first kappa shape index (κ1) is 4.10. The van der Waals surface area contributed by atoms with Crippen LogP contribution in [0, 0.1) is 0 Å². The second-order valence-corrected chi connectivity index (χ2v) is 2.53. The Balaban J connectivity index is 2.59. The van der Waals surface area contributed by atoms with E-state index >= 15 is 0 Å². The lowest BCUT2D eigenvalue weighted by atomic mass is 10.1. The van der Waals surface area contributed by atoms with Crippen LogP contribution in [0.15, 0.2) is 24.2 Å². The van der Waals surface area contributed by atoms with Gasteiger partial charge in [0.2, 0.25) is 0 Å². The van der Waals surface area contributed by atoms with E-state index in [0.29, 0.717) is 0 Å². The molecule has 0 heterocycles. The summed E-state index contributed by atoms with van der Waals surface area (Å²) in [6.07, 6.45) is 3.54. The van der Waals surface area contributed by atoms with Gasteiger partial charge in [-0.2, -0.15) is 0 Å². The molecule has 0 saturated carbocycles. The van der Waals surface area contributed by atoms with Crippen molar-refractivity contribution < 1.29 is 1.37 Å². The highest BCUT2D eigenvalue weighted by Gasteiger charge is 2.07. The molecule has 0 heteroatoms. The molecule has 0 N–H and O–H groups in total. The smallest absolute Gasteiger partial charge is 0.0620 e. The maximum Gasteiger partial charge on any atom is 0.0626 e. The molecule has 0 aromatic heterocycles. The first-order chi connectivity index (χ1) is 4.88. The van der Waals surface area contributed by atoms with E-state index in [4.69, 9.17) is 1.37 Å². The van der Waals surface area contributed by atoms with Gasteiger partial charge in [-0.05, 0) is 30.4 Å². The summed E-state index contributed by atoms with van der Waals surface area (Å²) in [5.74, 6) is 0. The Labute approximate surface area is 56.9 Å². The van der Waals surface area contributed by atoms with Crippen molar-refractivity contribution in [1.29, 1.82) is 0 Å². The molecule has 9 heavy (non-hydrogen) atoms. The molecule has 0 nitrogen and oxygen atoms in total. The van der Waals surface area contributed by atoms with Gasteiger partial charge in [-0.15, -0.1) is 0 Å². The third kappa shape index (κ3) is 0.748. The molecule has 2 rings (SSSR count). The molecular weight excluding hydrogens is 108 g/mol. The Hall–Kier alpha value is -0.780. The third-order valence-corrected chi connectivity index (χ3v) is 1.91. The lowest BCUT2D eigenvalue weighted by molar-refractivity contribution is 0.912. The van der Waals surface area contributed by atoms with Crippen molar-refractivity contribution in [3.8, 4) is 0 Å². The van der Waals surface area contributed by atoms with Crippen LogP contribution in [0.25, 0.3) is 0 Å². The first-order valence-corrected chi connectivity index (χ1v) is 3.45. The molecule has 1 aliphatic rings. The van der Waals surface area contributed by atoms with E-state index in [1.807, 2.05) is 12.1 Å². The zero-order chi connectivity index (χ0) is 6.97. The van der Waals surface area contributed by atoms with Gasteiger partial charge >= 0.3 is 0 Å². The van der Waals surface area contributed by atoms with Crippen LogP contribution in [-0.2, 0) is 12.8 Å². The van der Waals surface area contributed by atoms with Crippen LogP contribution in [0.3, 0.4) is 0 Å². The molecule has 46 valence electrons. The SMILES string of the molecule is [2H]c1cccc2c1CCC2. The Morgan fingerprint density at radius 2 is 2.11 bits per heavy atom. The average molecular weight is 119 g/mol. The molecule has 0 unspecified atom stereocenters. The molecule has 0 atom stereocenters. The fourth-order valence-electron chi connectivity index (χ4n) is 1.43. The fraction of sp³-hybridized carbons (Fsp3) is 0.333. The molecule has 0 aliphatic heterocycles. The molecule has 0 saturated heterocycles. The number of benzene rings is 1. The van der Waals surface area contributed by atoms with E-state index in [-0.39, 0.29) is 0 Å². The van der Waals surface area contributed by atoms with E-state index in [1.54, 1.807) is 0 Å². The van der Waals surface area contributed by atoms with Gasteiger partial charge in [0.1, 0.15) is 0 Å². The Bertz CT molecular complexity index is 253. The Morgan fingerprint density at radius 1 is 1.22 bits per heavy atom. The molecule has 0 spiro atoms. The summed E-state index contributed by atoms with van der Waals surface area (Å²) in [6, 6.07) is 6.73. The van der Waals surface area contributed by atoms with Gasteiger partial charge in [-0.3, -0.25) is 0 Å². The third-order valence-electron chi connectivity index (χ3n) is 1.91. The number of hydrogen-bond acceptors (Lipinski definition) is 0. The van der Waals surface area contributed by atoms with Crippen LogP contribution >= 0.6 is 0 Å². The second-order valence-electron chi connectivity index (χ2n) is 2.53. The summed E-state index contributed by atoms with van der Waals surface area (Å²) in [6.45, 7) is 0. The van der Waals surface area contributed by atoms with Crippen molar-refractivity contribution in [2.75, 3.05) is 0 Å². The summed E-state index contributed by atoms with van der Waals surface area (Å²) in [7, 11) is 0. The van der Waals surface area contributed by atoms with E-state index in [0.717, 1.165) is 12.5 Å². The zero-order valence-electron chi connectivity index (χ0n) is 6.35. The number of rotatable bonds is 0. The van der Waals surface area contributed by atoms with Crippen molar-refractivity contribution >= 4 is 0 Å². The van der Waals surface area contributed by atoms with E-state index < -0.39 is 0 Å². The normalized spacial score (nSPS) is 17.1. The van der Waals surface area contributed by atoms with Gasteiger partial charge in [0, 0.05) is 0 Å². The molecule has 1 aliphatic carbocycles.